The van der Waals surface area contributed by atoms with Gasteiger partial charge in [-0.05, 0) is 42.8 Å². The number of aryl methyl sites for hydroxylation is 1. The Labute approximate surface area is 201 Å². The number of Topliss-reactive ketones (excluding diaryl/α,β-unsaturated/α-hetero) is 1. The molecular weight excluding hydrogens is 452 g/mol. The summed E-state index contributed by atoms with van der Waals surface area (Å²) in [6, 6.07) is 20.1. The molecule has 0 aliphatic rings. The number of carbonyl (C=O) groups is 3. The number of hydrogen-bond donors (Lipinski definition) is 2. The number of aromatic amines is 1. The van der Waals surface area contributed by atoms with E-state index in [2.05, 4.69) is 10.3 Å². The number of carbonyl (C=O) groups excluding carboxylic acids is 3. The lowest BCUT2D eigenvalue weighted by molar-refractivity contribution is -0.144. The molecule has 2 N–H and O–H groups in total. The molecule has 0 saturated carbocycles. The molecule has 0 saturated heterocycles. The molecule has 34 heavy (non-hydrogen) atoms. The maximum Gasteiger partial charge on any atom is 0.329 e. The topological polar surface area (TPSA) is 88.3 Å². The number of halogens is 1. The third-order valence-corrected chi connectivity index (χ3v) is 5.77. The first-order chi connectivity index (χ1) is 16.4. The zero-order valence-corrected chi connectivity index (χ0v) is 19.3. The van der Waals surface area contributed by atoms with Crippen LogP contribution < -0.4 is 5.32 Å². The van der Waals surface area contributed by atoms with Crippen LogP contribution in [0.1, 0.15) is 31.8 Å². The van der Waals surface area contributed by atoms with Crippen molar-refractivity contribution in [1.29, 1.82) is 0 Å². The molecule has 0 radical (unpaired) electrons. The quantitative estimate of drug-likeness (QED) is 0.281. The Balaban J connectivity index is 1.51. The summed E-state index contributed by atoms with van der Waals surface area (Å²) in [4.78, 5) is 41.4. The molecule has 1 amide bonds. The lowest BCUT2D eigenvalue weighted by Gasteiger charge is -2.18. The Morgan fingerprint density at radius 3 is 2.35 bits per heavy atom. The minimum atomic E-state index is -0.992. The fourth-order valence-corrected chi connectivity index (χ4v) is 3.74. The van der Waals surface area contributed by atoms with Crippen LogP contribution in [0.15, 0.2) is 79.0 Å². The van der Waals surface area contributed by atoms with Gasteiger partial charge in [0.1, 0.15) is 6.04 Å². The fourth-order valence-electron chi connectivity index (χ4n) is 3.62. The van der Waals surface area contributed by atoms with E-state index < -0.39 is 24.5 Å². The van der Waals surface area contributed by atoms with E-state index in [9.17, 15) is 14.4 Å². The zero-order valence-electron chi connectivity index (χ0n) is 18.5. The smallest absolute Gasteiger partial charge is 0.329 e. The summed E-state index contributed by atoms with van der Waals surface area (Å²) in [7, 11) is 0. The van der Waals surface area contributed by atoms with E-state index in [0.717, 1.165) is 22.0 Å². The lowest BCUT2D eigenvalue weighted by atomic mass is 10.0. The molecule has 4 rings (SSSR count). The standard InChI is InChI=1S/C27H23ClN2O4/c1-17-6-8-18(9-7-17)25(31)16-34-27(33)24(30-26(32)19-10-12-21(28)13-11-19)14-20-15-29-23-5-3-2-4-22(20)23/h2-13,15,24,29H,14,16H2,1H3,(H,30,32)/t24-/m1/s1. The molecule has 1 atom stereocenters. The van der Waals surface area contributed by atoms with Crippen molar-refractivity contribution in [2.24, 2.45) is 0 Å². The number of H-pyrrole nitrogens is 1. The molecule has 7 heteroatoms. The number of fused-ring (bicyclic) bond motifs is 1. The number of amides is 1. The molecule has 4 aromatic rings. The summed E-state index contributed by atoms with van der Waals surface area (Å²) in [6.07, 6.45) is 2.00. The third kappa shape index (κ3) is 5.53. The summed E-state index contributed by atoms with van der Waals surface area (Å²) in [5.74, 6) is -1.44. The number of ketones is 1. The van der Waals surface area contributed by atoms with Crippen LogP contribution in [0.4, 0.5) is 0 Å². The van der Waals surface area contributed by atoms with Crippen LogP contribution in [0, 0.1) is 6.92 Å². The highest BCUT2D eigenvalue weighted by atomic mass is 35.5. The lowest BCUT2D eigenvalue weighted by Crippen LogP contribution is -2.43. The molecule has 6 nitrogen and oxygen atoms in total. The van der Waals surface area contributed by atoms with Crippen LogP contribution in [0.25, 0.3) is 10.9 Å². The van der Waals surface area contributed by atoms with Gasteiger partial charge in [0.25, 0.3) is 5.91 Å². The van der Waals surface area contributed by atoms with Gasteiger partial charge in [0, 0.05) is 39.7 Å². The number of ether oxygens (including phenoxy) is 1. The molecule has 1 heterocycles. The van der Waals surface area contributed by atoms with Gasteiger partial charge in [0.05, 0.1) is 0 Å². The van der Waals surface area contributed by atoms with E-state index in [0.29, 0.717) is 16.1 Å². The Kier molecular flexibility index (Phi) is 7.09. The summed E-state index contributed by atoms with van der Waals surface area (Å²) in [5, 5.41) is 4.19. The van der Waals surface area contributed by atoms with Crippen molar-refractivity contribution in [3.8, 4) is 0 Å². The highest BCUT2D eigenvalue weighted by Gasteiger charge is 2.25. The number of nitrogens with one attached hydrogen (secondary N) is 2. The van der Waals surface area contributed by atoms with Crippen LogP contribution >= 0.6 is 11.6 Å². The SMILES string of the molecule is Cc1ccc(C(=O)COC(=O)[C@@H](Cc2c[nH]c3ccccc23)NC(=O)c2ccc(Cl)cc2)cc1. The first kappa shape index (κ1) is 23.3. The largest absolute Gasteiger partial charge is 0.456 e. The van der Waals surface area contributed by atoms with Crippen molar-refractivity contribution in [3.05, 3.63) is 106 Å². The van der Waals surface area contributed by atoms with Crippen molar-refractivity contribution in [1.82, 2.24) is 10.3 Å². The average Bonchev–Trinajstić information content (AvgIpc) is 3.25. The minimum Gasteiger partial charge on any atom is -0.456 e. The summed E-state index contributed by atoms with van der Waals surface area (Å²) in [5.41, 5.74) is 3.60. The minimum absolute atomic E-state index is 0.195. The van der Waals surface area contributed by atoms with E-state index >= 15 is 0 Å². The van der Waals surface area contributed by atoms with E-state index in [1.807, 2.05) is 43.3 Å². The van der Waals surface area contributed by atoms with Crippen LogP contribution in [-0.2, 0) is 16.0 Å². The maximum atomic E-state index is 13.0. The van der Waals surface area contributed by atoms with Gasteiger partial charge in [-0.15, -0.1) is 0 Å². The number of esters is 1. The summed E-state index contributed by atoms with van der Waals surface area (Å²) < 4.78 is 5.33. The van der Waals surface area contributed by atoms with Gasteiger partial charge in [-0.3, -0.25) is 9.59 Å². The number of aromatic nitrogens is 1. The van der Waals surface area contributed by atoms with Crippen molar-refractivity contribution in [2.45, 2.75) is 19.4 Å². The molecule has 0 aliphatic carbocycles. The Bertz CT molecular complexity index is 1330. The van der Waals surface area contributed by atoms with Gasteiger partial charge in [0.2, 0.25) is 0 Å². The Hall–Kier alpha value is -3.90. The van der Waals surface area contributed by atoms with Crippen molar-refractivity contribution >= 4 is 40.2 Å². The van der Waals surface area contributed by atoms with Crippen LogP contribution in [-0.4, -0.2) is 35.3 Å². The van der Waals surface area contributed by atoms with E-state index in [1.165, 1.54) is 0 Å². The third-order valence-electron chi connectivity index (χ3n) is 5.51. The monoisotopic (exact) mass is 474 g/mol. The summed E-state index contributed by atoms with van der Waals surface area (Å²) >= 11 is 5.91. The highest BCUT2D eigenvalue weighted by Crippen LogP contribution is 2.20. The number of benzene rings is 3. The van der Waals surface area contributed by atoms with Gasteiger partial charge in [-0.1, -0.05) is 59.6 Å². The normalized spacial score (nSPS) is 11.7. The van der Waals surface area contributed by atoms with Gasteiger partial charge in [0.15, 0.2) is 12.4 Å². The van der Waals surface area contributed by atoms with Crippen LogP contribution in [0.2, 0.25) is 5.02 Å². The van der Waals surface area contributed by atoms with Crippen LogP contribution in [0.5, 0.6) is 0 Å². The van der Waals surface area contributed by atoms with Crippen molar-refractivity contribution < 1.29 is 19.1 Å². The number of rotatable bonds is 8. The predicted octanol–water partition coefficient (Wildman–Crippen LogP) is 4.90. The second kappa shape index (κ2) is 10.4. The predicted molar refractivity (Wildman–Crippen MR) is 131 cm³/mol. The molecule has 172 valence electrons. The molecule has 0 bridgehead atoms. The molecule has 0 spiro atoms. The molecule has 0 fully saturated rings. The van der Waals surface area contributed by atoms with E-state index in [1.54, 1.807) is 42.6 Å². The fraction of sp³-hybridized carbons (Fsp3) is 0.148. The number of hydrogen-bond acceptors (Lipinski definition) is 4. The van der Waals surface area contributed by atoms with Gasteiger partial charge in [-0.25, -0.2) is 4.79 Å². The number of para-hydroxylation sites is 1. The summed E-state index contributed by atoms with van der Waals surface area (Å²) in [6.45, 7) is 1.51. The zero-order chi connectivity index (χ0) is 24.1. The second-order valence-electron chi connectivity index (χ2n) is 7.99. The van der Waals surface area contributed by atoms with Crippen molar-refractivity contribution in [2.75, 3.05) is 6.61 Å². The van der Waals surface area contributed by atoms with Crippen molar-refractivity contribution in [3.63, 3.8) is 0 Å². The van der Waals surface area contributed by atoms with Gasteiger partial charge < -0.3 is 15.0 Å². The molecule has 1 aromatic heterocycles. The van der Waals surface area contributed by atoms with Gasteiger partial charge in [-0.2, -0.15) is 0 Å². The molecule has 3 aromatic carbocycles. The van der Waals surface area contributed by atoms with E-state index in [4.69, 9.17) is 16.3 Å². The van der Waals surface area contributed by atoms with Crippen LogP contribution in [0.3, 0.4) is 0 Å². The first-order valence-electron chi connectivity index (χ1n) is 10.8. The Morgan fingerprint density at radius 2 is 1.62 bits per heavy atom. The molecule has 0 aliphatic heterocycles. The molecular formula is C27H23ClN2O4. The van der Waals surface area contributed by atoms with E-state index in [-0.39, 0.29) is 12.2 Å². The van der Waals surface area contributed by atoms with Gasteiger partial charge >= 0.3 is 5.97 Å². The second-order valence-corrected chi connectivity index (χ2v) is 8.43. The highest BCUT2D eigenvalue weighted by molar-refractivity contribution is 6.30. The maximum absolute atomic E-state index is 13.0. The Morgan fingerprint density at radius 1 is 0.941 bits per heavy atom. The first-order valence-corrected chi connectivity index (χ1v) is 11.2. The molecule has 0 unspecified atom stereocenters. The average molecular weight is 475 g/mol.